The molecule has 0 bridgehead atoms. The molecule has 0 amide bonds. The molecule has 0 unspecified atom stereocenters. The van der Waals surface area contributed by atoms with Gasteiger partial charge in [0.15, 0.2) is 5.96 Å². The first-order valence-electron chi connectivity index (χ1n) is 9.31. The molecule has 204 valence electrons. The smallest absolute Gasteiger partial charge is 0.318 e. The molecular weight excluding hydrogens is 592 g/mol. The summed E-state index contributed by atoms with van der Waals surface area (Å²) in [6.07, 6.45) is 5.84. The Labute approximate surface area is 236 Å². The monoisotopic (exact) mass is 615 g/mol. The summed E-state index contributed by atoms with van der Waals surface area (Å²) < 4.78 is 28.1. The first kappa shape index (κ1) is 36.0. The van der Waals surface area contributed by atoms with Gasteiger partial charge in [0.2, 0.25) is 16.0 Å². The molecule has 0 aliphatic heterocycles. The number of sulfonamides is 1. The van der Waals surface area contributed by atoms with Gasteiger partial charge in [-0.25, -0.2) is 12.8 Å². The third-order valence-corrected chi connectivity index (χ3v) is 6.32. The zero-order chi connectivity index (χ0) is 25.5. The van der Waals surface area contributed by atoms with Crippen LogP contribution in [0, 0.1) is 10.8 Å². The standard InChI is InChI=1S/C18H17ClN6O4S.CH5N3.3ClH/c19-25(18(20)21)16-9-23-8-13-6-14(3-4-15(13)16)30(28,29)24(11-17(26)27)10-12-2-1-5-22-7-12;2-1(3)4;;;/h1-9H,10-11H2,(H3,20,21)(H,26,27);(H5,2,3,4);3*1H. The van der Waals surface area contributed by atoms with E-state index in [1.165, 1.54) is 43.0 Å². The van der Waals surface area contributed by atoms with Crippen molar-refractivity contribution in [3.63, 3.8) is 0 Å². The predicted molar refractivity (Wildman–Crippen MR) is 149 cm³/mol. The summed E-state index contributed by atoms with van der Waals surface area (Å²) in [7, 11) is -4.15. The van der Waals surface area contributed by atoms with Crippen molar-refractivity contribution in [2.24, 2.45) is 17.2 Å². The molecule has 0 radical (unpaired) electrons. The van der Waals surface area contributed by atoms with Crippen molar-refractivity contribution in [1.29, 1.82) is 10.8 Å². The van der Waals surface area contributed by atoms with Gasteiger partial charge in [-0.2, -0.15) is 4.31 Å². The van der Waals surface area contributed by atoms with Gasteiger partial charge in [-0.15, -0.1) is 37.2 Å². The summed E-state index contributed by atoms with van der Waals surface area (Å²) >= 11 is 5.99. The predicted octanol–water partition coefficient (Wildman–Crippen LogP) is 1.86. The van der Waals surface area contributed by atoms with Gasteiger partial charge >= 0.3 is 5.97 Å². The molecule has 37 heavy (non-hydrogen) atoms. The van der Waals surface area contributed by atoms with Crippen LogP contribution in [0.15, 0.2) is 60.0 Å². The van der Waals surface area contributed by atoms with E-state index in [2.05, 4.69) is 21.4 Å². The van der Waals surface area contributed by atoms with E-state index < -0.39 is 28.5 Å². The second-order valence-corrected chi connectivity index (χ2v) is 8.97. The minimum absolute atomic E-state index is 0. The number of nitrogens with one attached hydrogen (secondary N) is 2. The number of pyridine rings is 2. The number of aromatic nitrogens is 2. The number of hydrogen-bond acceptors (Lipinski definition) is 7. The zero-order valence-corrected chi connectivity index (χ0v) is 22.8. The molecule has 0 aliphatic rings. The molecule has 3 aromatic rings. The van der Waals surface area contributed by atoms with Crippen LogP contribution in [0.3, 0.4) is 0 Å². The number of halogens is 4. The number of carbonyl (C=O) groups is 1. The number of benzene rings is 1. The maximum Gasteiger partial charge on any atom is 0.318 e. The lowest BCUT2D eigenvalue weighted by atomic mass is 10.1. The van der Waals surface area contributed by atoms with Crippen molar-refractivity contribution in [2.75, 3.05) is 11.0 Å². The summed E-state index contributed by atoms with van der Waals surface area (Å²) in [5.74, 6) is -2.04. The van der Waals surface area contributed by atoms with Gasteiger partial charge in [-0.1, -0.05) is 12.1 Å². The fourth-order valence-corrected chi connectivity index (χ4v) is 4.35. The third-order valence-electron chi connectivity index (χ3n) is 4.16. The number of fused-ring (bicyclic) bond motifs is 1. The molecule has 9 N–H and O–H groups in total. The zero-order valence-electron chi connectivity index (χ0n) is 18.8. The Morgan fingerprint density at radius 3 is 2.16 bits per heavy atom. The number of guanidine groups is 2. The number of hydrogen-bond donors (Lipinski definition) is 6. The van der Waals surface area contributed by atoms with Gasteiger partial charge in [0.05, 0.1) is 16.8 Å². The minimum Gasteiger partial charge on any atom is -0.480 e. The fraction of sp³-hybridized carbons (Fsp3) is 0.105. The largest absolute Gasteiger partial charge is 0.480 e. The number of rotatable bonds is 7. The van der Waals surface area contributed by atoms with Crippen LogP contribution in [0.2, 0.25) is 0 Å². The molecule has 0 fully saturated rings. The second-order valence-electron chi connectivity index (χ2n) is 6.69. The van der Waals surface area contributed by atoms with Gasteiger partial charge in [0.25, 0.3) is 0 Å². The summed E-state index contributed by atoms with van der Waals surface area (Å²) in [6.45, 7) is -0.869. The van der Waals surface area contributed by atoms with Crippen LogP contribution in [-0.4, -0.2) is 52.2 Å². The van der Waals surface area contributed by atoms with Crippen LogP contribution < -0.4 is 21.6 Å². The van der Waals surface area contributed by atoms with Crippen LogP contribution in [-0.2, 0) is 21.4 Å². The molecule has 0 saturated heterocycles. The quantitative estimate of drug-likeness (QED) is 0.128. The Morgan fingerprint density at radius 2 is 1.65 bits per heavy atom. The van der Waals surface area contributed by atoms with Crippen LogP contribution in [0.25, 0.3) is 10.8 Å². The van der Waals surface area contributed by atoms with Crippen molar-refractivity contribution in [3.05, 3.63) is 60.7 Å². The molecule has 2 heterocycles. The number of carboxylic acids is 1. The van der Waals surface area contributed by atoms with Gasteiger partial charge in [-0.05, 0) is 23.8 Å². The van der Waals surface area contributed by atoms with E-state index in [0.29, 0.717) is 22.0 Å². The molecule has 0 saturated carbocycles. The summed E-state index contributed by atoms with van der Waals surface area (Å²) in [4.78, 5) is 19.1. The second kappa shape index (κ2) is 15.9. The summed E-state index contributed by atoms with van der Waals surface area (Å²) in [5.41, 5.74) is 15.2. The van der Waals surface area contributed by atoms with E-state index in [0.717, 1.165) is 8.72 Å². The van der Waals surface area contributed by atoms with Gasteiger partial charge in [0, 0.05) is 47.7 Å². The Kier molecular flexibility index (Phi) is 15.4. The average molecular weight is 617 g/mol. The Balaban J connectivity index is 0. The van der Waals surface area contributed by atoms with Gasteiger partial charge in [0.1, 0.15) is 6.54 Å². The highest BCUT2D eigenvalue weighted by Gasteiger charge is 2.27. The number of aliphatic carboxylic acids is 1. The molecule has 0 spiro atoms. The molecule has 3 rings (SSSR count). The number of nitrogens with two attached hydrogens (primary N) is 3. The first-order chi connectivity index (χ1) is 15.9. The average Bonchev–Trinajstić information content (AvgIpc) is 2.77. The Hall–Kier alpha value is -3.14. The lowest BCUT2D eigenvalue weighted by molar-refractivity contribution is -0.137. The SMILES string of the molecule is Cl.Cl.Cl.N=C(N)N.N=C(N)N(Cl)c1cncc2cc(S(=O)(=O)N(CC(=O)O)Cc3cccnc3)ccc12. The maximum atomic E-state index is 13.2. The summed E-state index contributed by atoms with van der Waals surface area (Å²) in [6, 6.07) is 7.50. The number of carboxylic acid groups (broad SMARTS) is 1. The van der Waals surface area contributed by atoms with Crippen molar-refractivity contribution >= 4 is 93.4 Å². The fourth-order valence-electron chi connectivity index (χ4n) is 2.81. The van der Waals surface area contributed by atoms with Gasteiger partial charge < -0.3 is 22.3 Å². The highest BCUT2D eigenvalue weighted by atomic mass is 35.5. The van der Waals surface area contributed by atoms with Crippen LogP contribution in [0.4, 0.5) is 5.69 Å². The van der Waals surface area contributed by atoms with E-state index in [1.54, 1.807) is 12.1 Å². The van der Waals surface area contributed by atoms with Crippen LogP contribution >= 0.6 is 49.0 Å². The molecule has 13 nitrogen and oxygen atoms in total. The van der Waals surface area contributed by atoms with Crippen molar-refractivity contribution in [2.45, 2.75) is 11.4 Å². The Bertz CT molecular complexity index is 1310. The lowest BCUT2D eigenvalue weighted by Gasteiger charge is -2.21. The van der Waals surface area contributed by atoms with Crippen molar-refractivity contribution in [1.82, 2.24) is 14.3 Å². The highest BCUT2D eigenvalue weighted by Crippen LogP contribution is 2.30. The van der Waals surface area contributed by atoms with Crippen LogP contribution in [0.5, 0.6) is 0 Å². The van der Waals surface area contributed by atoms with E-state index in [-0.39, 0.29) is 54.6 Å². The molecule has 0 atom stereocenters. The summed E-state index contributed by atoms with van der Waals surface area (Å²) in [5, 5.41) is 23.7. The molecule has 18 heteroatoms. The third kappa shape index (κ3) is 10.0. The lowest BCUT2D eigenvalue weighted by Crippen LogP contribution is -2.35. The number of nitrogens with zero attached hydrogens (tertiary/aromatic N) is 4. The van der Waals surface area contributed by atoms with Crippen molar-refractivity contribution in [3.8, 4) is 0 Å². The number of anilines is 1. The highest BCUT2D eigenvalue weighted by molar-refractivity contribution is 7.89. The normalized spacial score (nSPS) is 10.0. The van der Waals surface area contributed by atoms with Crippen molar-refractivity contribution < 1.29 is 18.3 Å². The Morgan fingerprint density at radius 1 is 1.03 bits per heavy atom. The van der Waals surface area contributed by atoms with Gasteiger partial charge in [-0.3, -0.25) is 25.6 Å². The molecule has 0 aliphatic carbocycles. The van der Waals surface area contributed by atoms with E-state index in [9.17, 15) is 18.3 Å². The van der Waals surface area contributed by atoms with E-state index in [1.807, 2.05) is 0 Å². The first-order valence-corrected chi connectivity index (χ1v) is 11.1. The topological polar surface area (TPSA) is 229 Å². The molecule has 1 aromatic carbocycles. The van der Waals surface area contributed by atoms with E-state index in [4.69, 9.17) is 28.3 Å². The van der Waals surface area contributed by atoms with Crippen LogP contribution in [0.1, 0.15) is 5.56 Å². The van der Waals surface area contributed by atoms with E-state index >= 15 is 0 Å². The minimum atomic E-state index is -4.15. The molecular formula is C19H25Cl4N9O4S. The maximum absolute atomic E-state index is 13.2. The molecule has 2 aromatic heterocycles.